The lowest BCUT2D eigenvalue weighted by Gasteiger charge is -2.33. The average molecular weight is 156 g/mol. The van der Waals surface area contributed by atoms with E-state index in [0.29, 0.717) is 6.61 Å². The summed E-state index contributed by atoms with van der Waals surface area (Å²) in [6, 6.07) is 0. The minimum absolute atomic E-state index is 0.00519. The fraction of sp³-hybridized carbons (Fsp3) is 1.00. The van der Waals surface area contributed by atoms with Crippen molar-refractivity contribution >= 4 is 7.85 Å². The van der Waals surface area contributed by atoms with Crippen LogP contribution in [0.25, 0.3) is 0 Å². The minimum atomic E-state index is -0.195. The summed E-state index contributed by atoms with van der Waals surface area (Å²) in [4.78, 5) is 0. The molecule has 62 valence electrons. The molecular weight excluding hydrogens is 143 g/mol. The molecule has 0 aromatic carbocycles. The van der Waals surface area contributed by atoms with Crippen molar-refractivity contribution in [1.82, 2.24) is 0 Å². The van der Waals surface area contributed by atoms with Crippen molar-refractivity contribution in [1.29, 1.82) is 0 Å². The van der Waals surface area contributed by atoms with E-state index in [2.05, 4.69) is 0 Å². The van der Waals surface area contributed by atoms with Crippen LogP contribution in [0.4, 0.5) is 0 Å². The first-order chi connectivity index (χ1) is 5.27. The Balaban J connectivity index is 2.41. The molecule has 0 aromatic rings. The van der Waals surface area contributed by atoms with Gasteiger partial charge in [0.15, 0.2) is 0 Å². The highest BCUT2D eigenvalue weighted by Gasteiger charge is 2.28. The molecule has 0 amide bonds. The largest absolute Gasteiger partial charge is 0.394 e. The summed E-state index contributed by atoms with van der Waals surface area (Å²) < 4.78 is 10.3. The van der Waals surface area contributed by atoms with Crippen molar-refractivity contribution in [3.8, 4) is 0 Å². The maximum absolute atomic E-state index is 8.83. The van der Waals surface area contributed by atoms with E-state index in [-0.39, 0.29) is 24.6 Å². The van der Waals surface area contributed by atoms with E-state index < -0.39 is 0 Å². The second-order valence-electron chi connectivity index (χ2n) is 2.82. The summed E-state index contributed by atoms with van der Waals surface area (Å²) in [7, 11) is 7.24. The number of aliphatic hydroxyl groups is 1. The van der Waals surface area contributed by atoms with Crippen molar-refractivity contribution in [2.75, 3.05) is 20.3 Å². The molecule has 11 heavy (non-hydrogen) atoms. The van der Waals surface area contributed by atoms with E-state index in [9.17, 15) is 0 Å². The number of aliphatic hydroxyl groups excluding tert-OH is 1. The summed E-state index contributed by atoms with van der Waals surface area (Å²) >= 11 is 0. The normalized spacial score (nSPS) is 38.9. The van der Waals surface area contributed by atoms with Crippen molar-refractivity contribution in [2.24, 2.45) is 0 Å². The predicted molar refractivity (Wildman–Crippen MR) is 41.7 cm³/mol. The minimum Gasteiger partial charge on any atom is -0.394 e. The summed E-state index contributed by atoms with van der Waals surface area (Å²) in [6.07, 6.45) is 0.519. The van der Waals surface area contributed by atoms with Gasteiger partial charge in [0.05, 0.1) is 20.6 Å². The Morgan fingerprint density at radius 2 is 2.45 bits per heavy atom. The highest BCUT2D eigenvalue weighted by Crippen LogP contribution is 2.22. The number of methoxy groups -OCH3 is 1. The van der Waals surface area contributed by atoms with Crippen LogP contribution in [-0.4, -0.2) is 45.5 Å². The van der Waals surface area contributed by atoms with Crippen LogP contribution in [0.5, 0.6) is 0 Å². The van der Waals surface area contributed by atoms with Gasteiger partial charge >= 0.3 is 0 Å². The van der Waals surface area contributed by atoms with Gasteiger partial charge in [-0.15, -0.1) is 0 Å². The second-order valence-corrected chi connectivity index (χ2v) is 2.82. The van der Waals surface area contributed by atoms with Gasteiger partial charge in [-0.3, -0.25) is 0 Å². The Bertz CT molecular complexity index is 120. The number of rotatable bonds is 2. The Kier molecular flexibility index (Phi) is 3.36. The fourth-order valence-corrected chi connectivity index (χ4v) is 1.29. The molecule has 3 nitrogen and oxygen atoms in total. The molecule has 0 bridgehead atoms. The smallest absolute Gasteiger partial charge is 0.107 e. The van der Waals surface area contributed by atoms with Crippen LogP contribution in [0.2, 0.25) is 5.82 Å². The van der Waals surface area contributed by atoms with Crippen LogP contribution < -0.4 is 0 Å². The summed E-state index contributed by atoms with van der Waals surface area (Å²) in [5, 5.41) is 8.83. The van der Waals surface area contributed by atoms with Gasteiger partial charge in [0.25, 0.3) is 0 Å². The van der Waals surface area contributed by atoms with Gasteiger partial charge in [-0.1, -0.05) is 5.82 Å². The topological polar surface area (TPSA) is 38.7 Å². The first-order valence-corrected chi connectivity index (χ1v) is 3.78. The van der Waals surface area contributed by atoms with E-state index in [4.69, 9.17) is 22.4 Å². The summed E-state index contributed by atoms with van der Waals surface area (Å²) in [5.74, 6) is 0.0442. The SMILES string of the molecule is [B][C@H]1COC(CO)C(OC)C1. The lowest BCUT2D eigenvalue weighted by atomic mass is 9.80. The third-order valence-corrected chi connectivity index (χ3v) is 1.96. The maximum atomic E-state index is 8.83. The third-order valence-electron chi connectivity index (χ3n) is 1.96. The Morgan fingerprint density at radius 1 is 1.73 bits per heavy atom. The molecule has 1 aliphatic heterocycles. The molecule has 2 unspecified atom stereocenters. The lowest BCUT2D eigenvalue weighted by Crippen LogP contribution is -2.40. The van der Waals surface area contributed by atoms with Gasteiger partial charge in [0, 0.05) is 13.7 Å². The molecule has 0 spiro atoms. The van der Waals surface area contributed by atoms with Gasteiger partial charge in [-0.25, -0.2) is 0 Å². The van der Waals surface area contributed by atoms with Gasteiger partial charge in [0.2, 0.25) is 0 Å². The Morgan fingerprint density at radius 3 is 3.00 bits per heavy atom. The monoisotopic (exact) mass is 156 g/mol. The third kappa shape index (κ3) is 2.19. The highest BCUT2D eigenvalue weighted by atomic mass is 16.5. The van der Waals surface area contributed by atoms with Gasteiger partial charge in [-0.2, -0.15) is 0 Å². The number of hydrogen-bond donors (Lipinski definition) is 1. The summed E-state index contributed by atoms with van der Waals surface area (Å²) in [5.41, 5.74) is 0. The maximum Gasteiger partial charge on any atom is 0.107 e. The molecule has 3 atom stereocenters. The Labute approximate surface area is 68.1 Å². The average Bonchev–Trinajstić information content (AvgIpc) is 2.04. The molecule has 4 heteroatoms. The molecule has 0 saturated carbocycles. The van der Waals surface area contributed by atoms with Gasteiger partial charge < -0.3 is 14.6 Å². The molecule has 2 radical (unpaired) electrons. The molecular formula is C7H13BO3. The predicted octanol–water partition coefficient (Wildman–Crippen LogP) is -0.260. The van der Waals surface area contributed by atoms with Gasteiger partial charge in [0.1, 0.15) is 6.10 Å². The summed E-state index contributed by atoms with van der Waals surface area (Å²) in [6.45, 7) is 0.524. The van der Waals surface area contributed by atoms with Crippen LogP contribution in [0.3, 0.4) is 0 Å². The molecule has 0 aliphatic carbocycles. The molecule has 1 N–H and O–H groups in total. The van der Waals surface area contributed by atoms with E-state index >= 15 is 0 Å². The number of ether oxygens (including phenoxy) is 2. The van der Waals surface area contributed by atoms with Crippen LogP contribution in [0, 0.1) is 0 Å². The number of hydrogen-bond acceptors (Lipinski definition) is 3. The zero-order valence-corrected chi connectivity index (χ0v) is 6.69. The molecule has 1 rings (SSSR count). The quantitative estimate of drug-likeness (QED) is 0.559. The zero-order valence-electron chi connectivity index (χ0n) is 6.69. The van der Waals surface area contributed by atoms with E-state index in [1.54, 1.807) is 7.11 Å². The first-order valence-electron chi connectivity index (χ1n) is 3.78. The van der Waals surface area contributed by atoms with E-state index in [1.807, 2.05) is 0 Å². The van der Waals surface area contributed by atoms with Crippen molar-refractivity contribution in [3.05, 3.63) is 0 Å². The molecule has 1 aliphatic rings. The van der Waals surface area contributed by atoms with E-state index in [1.165, 1.54) is 0 Å². The standard InChI is InChI=1S/C7H13BO3/c1-10-6-2-5(8)4-11-7(6)3-9/h5-7,9H,2-4H2,1H3/t5-,6?,7?/m1/s1. The fourth-order valence-electron chi connectivity index (χ4n) is 1.29. The van der Waals surface area contributed by atoms with Crippen molar-refractivity contribution < 1.29 is 14.6 Å². The van der Waals surface area contributed by atoms with Gasteiger partial charge in [-0.05, 0) is 6.42 Å². The lowest BCUT2D eigenvalue weighted by molar-refractivity contribution is -0.108. The molecule has 1 heterocycles. The first kappa shape index (κ1) is 9.04. The molecule has 1 saturated heterocycles. The molecule has 1 fully saturated rings. The van der Waals surface area contributed by atoms with Crippen molar-refractivity contribution in [2.45, 2.75) is 24.4 Å². The van der Waals surface area contributed by atoms with Crippen LogP contribution in [-0.2, 0) is 9.47 Å². The van der Waals surface area contributed by atoms with Crippen molar-refractivity contribution in [3.63, 3.8) is 0 Å². The second kappa shape index (κ2) is 4.09. The van der Waals surface area contributed by atoms with E-state index in [0.717, 1.165) is 6.42 Å². The van der Waals surface area contributed by atoms with Crippen LogP contribution >= 0.6 is 0 Å². The Hall–Kier alpha value is -0.0551. The van der Waals surface area contributed by atoms with Crippen LogP contribution in [0.15, 0.2) is 0 Å². The van der Waals surface area contributed by atoms with Crippen LogP contribution in [0.1, 0.15) is 6.42 Å². The molecule has 0 aromatic heterocycles. The highest BCUT2D eigenvalue weighted by molar-refractivity contribution is 6.11. The zero-order chi connectivity index (χ0) is 8.27.